The summed E-state index contributed by atoms with van der Waals surface area (Å²) in [5.74, 6) is -1.43. The Kier molecular flexibility index (Phi) is 6.68. The van der Waals surface area contributed by atoms with Crippen molar-refractivity contribution in [3.05, 3.63) is 0 Å². The number of rotatable bonds is 7. The zero-order valence-electron chi connectivity index (χ0n) is 13.0. The third kappa shape index (κ3) is 8.50. The number of carbonyl (C=O) groups excluding carboxylic acids is 2. The zero-order valence-corrected chi connectivity index (χ0v) is 13.0. The molecular formula is C14H26N2O4. The molecular weight excluding hydrogens is 260 g/mol. The number of imide groups is 1. The highest BCUT2D eigenvalue weighted by molar-refractivity contribution is 5.94. The Labute approximate surface area is 120 Å². The molecule has 0 fully saturated rings. The molecule has 3 amide bonds. The topological polar surface area (TPSA) is 95.5 Å². The molecule has 3 N–H and O–H groups in total. The summed E-state index contributed by atoms with van der Waals surface area (Å²) >= 11 is 0. The van der Waals surface area contributed by atoms with Gasteiger partial charge in [-0.2, -0.15) is 0 Å². The third-order valence-corrected chi connectivity index (χ3v) is 2.85. The Morgan fingerprint density at radius 2 is 1.60 bits per heavy atom. The highest BCUT2D eigenvalue weighted by Gasteiger charge is 2.27. The molecule has 6 heteroatoms. The molecule has 0 aromatic rings. The zero-order chi connectivity index (χ0) is 16.0. The van der Waals surface area contributed by atoms with Gasteiger partial charge >= 0.3 is 12.0 Å². The molecule has 0 aliphatic heterocycles. The summed E-state index contributed by atoms with van der Waals surface area (Å²) in [4.78, 5) is 34.1. The van der Waals surface area contributed by atoms with E-state index in [0.717, 1.165) is 12.8 Å². The second-order valence-corrected chi connectivity index (χ2v) is 6.55. The second-order valence-electron chi connectivity index (χ2n) is 6.55. The standard InChI is InChI=1S/C14H26N2O4/c1-6-7-14(4,5)16-12(20)15-10(17)8-13(2,3)9-11(18)19/h6-9H2,1-5H3,(H,18,19)(H2,15,16,17,20). The molecule has 0 aliphatic carbocycles. The van der Waals surface area contributed by atoms with Gasteiger partial charge in [0.25, 0.3) is 0 Å². The van der Waals surface area contributed by atoms with Crippen molar-refractivity contribution in [2.45, 2.75) is 65.8 Å². The first-order valence-corrected chi connectivity index (χ1v) is 6.81. The fourth-order valence-corrected chi connectivity index (χ4v) is 2.10. The maximum atomic E-state index is 11.7. The lowest BCUT2D eigenvalue weighted by molar-refractivity contribution is -0.139. The molecule has 0 radical (unpaired) electrons. The minimum absolute atomic E-state index is 0.0130. The van der Waals surface area contributed by atoms with E-state index >= 15 is 0 Å². The summed E-state index contributed by atoms with van der Waals surface area (Å²) in [7, 11) is 0. The van der Waals surface area contributed by atoms with Gasteiger partial charge in [0.1, 0.15) is 0 Å². The van der Waals surface area contributed by atoms with Gasteiger partial charge in [-0.15, -0.1) is 0 Å². The van der Waals surface area contributed by atoms with Crippen molar-refractivity contribution in [2.24, 2.45) is 5.41 Å². The largest absolute Gasteiger partial charge is 0.481 e. The number of nitrogens with one attached hydrogen (secondary N) is 2. The molecule has 0 bridgehead atoms. The maximum absolute atomic E-state index is 11.7. The molecule has 0 atom stereocenters. The quantitative estimate of drug-likeness (QED) is 0.669. The second kappa shape index (κ2) is 7.26. The van der Waals surface area contributed by atoms with Gasteiger partial charge in [0.15, 0.2) is 0 Å². The Bertz CT molecular complexity index is 375. The van der Waals surface area contributed by atoms with Crippen LogP contribution in [0, 0.1) is 5.41 Å². The Balaban J connectivity index is 4.34. The number of urea groups is 1. The molecule has 0 saturated heterocycles. The van der Waals surface area contributed by atoms with Crippen LogP contribution in [0.2, 0.25) is 0 Å². The summed E-state index contributed by atoms with van der Waals surface area (Å²) in [5.41, 5.74) is -1.06. The van der Waals surface area contributed by atoms with Crippen LogP contribution in [-0.2, 0) is 9.59 Å². The molecule has 0 spiro atoms. The van der Waals surface area contributed by atoms with E-state index in [1.54, 1.807) is 13.8 Å². The van der Waals surface area contributed by atoms with Crippen LogP contribution in [0.4, 0.5) is 4.79 Å². The predicted octanol–water partition coefficient (Wildman–Crippen LogP) is 2.28. The van der Waals surface area contributed by atoms with Crippen molar-refractivity contribution in [3.8, 4) is 0 Å². The number of carboxylic acid groups (broad SMARTS) is 1. The normalized spacial score (nSPS) is 11.8. The van der Waals surface area contributed by atoms with Gasteiger partial charge in [0, 0.05) is 12.0 Å². The minimum atomic E-state index is -0.962. The molecule has 0 unspecified atom stereocenters. The summed E-state index contributed by atoms with van der Waals surface area (Å²) in [6, 6.07) is -0.542. The third-order valence-electron chi connectivity index (χ3n) is 2.85. The SMILES string of the molecule is CCCC(C)(C)NC(=O)NC(=O)CC(C)(C)CC(=O)O. The van der Waals surface area contributed by atoms with E-state index in [1.807, 2.05) is 20.8 Å². The van der Waals surface area contributed by atoms with Crippen LogP contribution in [0.3, 0.4) is 0 Å². The smallest absolute Gasteiger partial charge is 0.321 e. The highest BCUT2D eigenvalue weighted by Crippen LogP contribution is 2.24. The molecule has 6 nitrogen and oxygen atoms in total. The number of hydrogen-bond acceptors (Lipinski definition) is 3. The monoisotopic (exact) mass is 286 g/mol. The summed E-state index contributed by atoms with van der Waals surface area (Å²) in [6.07, 6.45) is 1.59. The molecule has 0 aromatic carbocycles. The average Bonchev–Trinajstić information content (AvgIpc) is 2.10. The summed E-state index contributed by atoms with van der Waals surface area (Å²) in [5, 5.41) is 13.7. The van der Waals surface area contributed by atoms with E-state index in [-0.39, 0.29) is 18.4 Å². The van der Waals surface area contributed by atoms with Crippen LogP contribution < -0.4 is 10.6 Å². The Hall–Kier alpha value is -1.59. The van der Waals surface area contributed by atoms with Crippen LogP contribution in [0.1, 0.15) is 60.3 Å². The fourth-order valence-electron chi connectivity index (χ4n) is 2.10. The first-order chi connectivity index (χ1) is 8.97. The lowest BCUT2D eigenvalue weighted by atomic mass is 9.85. The molecule has 0 rings (SSSR count). The van der Waals surface area contributed by atoms with Crippen LogP contribution in [0.5, 0.6) is 0 Å². The Morgan fingerprint density at radius 1 is 1.05 bits per heavy atom. The lowest BCUT2D eigenvalue weighted by Crippen LogP contribution is -2.50. The van der Waals surface area contributed by atoms with E-state index in [4.69, 9.17) is 5.11 Å². The molecule has 20 heavy (non-hydrogen) atoms. The highest BCUT2D eigenvalue weighted by atomic mass is 16.4. The van der Waals surface area contributed by atoms with Crippen molar-refractivity contribution in [3.63, 3.8) is 0 Å². The van der Waals surface area contributed by atoms with Crippen LogP contribution in [0.15, 0.2) is 0 Å². The van der Waals surface area contributed by atoms with Crippen molar-refractivity contribution in [2.75, 3.05) is 0 Å². The van der Waals surface area contributed by atoms with Gasteiger partial charge in [-0.25, -0.2) is 4.79 Å². The molecule has 0 saturated carbocycles. The average molecular weight is 286 g/mol. The predicted molar refractivity (Wildman–Crippen MR) is 76.3 cm³/mol. The van der Waals surface area contributed by atoms with Gasteiger partial charge in [-0.3, -0.25) is 14.9 Å². The van der Waals surface area contributed by atoms with Crippen LogP contribution >= 0.6 is 0 Å². The van der Waals surface area contributed by atoms with Gasteiger partial charge < -0.3 is 10.4 Å². The number of carbonyl (C=O) groups is 3. The van der Waals surface area contributed by atoms with Gasteiger partial charge in [0.05, 0.1) is 6.42 Å². The first kappa shape index (κ1) is 18.4. The van der Waals surface area contributed by atoms with E-state index in [1.165, 1.54) is 0 Å². The maximum Gasteiger partial charge on any atom is 0.321 e. The van der Waals surface area contributed by atoms with E-state index in [9.17, 15) is 14.4 Å². The van der Waals surface area contributed by atoms with Crippen molar-refractivity contribution in [1.82, 2.24) is 10.6 Å². The van der Waals surface area contributed by atoms with Crippen molar-refractivity contribution >= 4 is 17.9 Å². The van der Waals surface area contributed by atoms with Crippen molar-refractivity contribution < 1.29 is 19.5 Å². The van der Waals surface area contributed by atoms with Crippen molar-refractivity contribution in [1.29, 1.82) is 0 Å². The number of amides is 3. The summed E-state index contributed by atoms with van der Waals surface area (Å²) in [6.45, 7) is 9.14. The number of hydrogen-bond donors (Lipinski definition) is 3. The minimum Gasteiger partial charge on any atom is -0.481 e. The van der Waals surface area contributed by atoms with Crippen LogP contribution in [-0.4, -0.2) is 28.6 Å². The first-order valence-electron chi connectivity index (χ1n) is 6.81. The van der Waals surface area contributed by atoms with E-state index < -0.39 is 23.3 Å². The van der Waals surface area contributed by atoms with E-state index in [2.05, 4.69) is 10.6 Å². The molecule has 0 aromatic heterocycles. The van der Waals surface area contributed by atoms with Gasteiger partial charge in [0.2, 0.25) is 5.91 Å². The van der Waals surface area contributed by atoms with Gasteiger partial charge in [-0.05, 0) is 25.7 Å². The van der Waals surface area contributed by atoms with Crippen LogP contribution in [0.25, 0.3) is 0 Å². The fraction of sp³-hybridized carbons (Fsp3) is 0.786. The number of aliphatic carboxylic acids is 1. The molecule has 0 aliphatic rings. The number of carboxylic acids is 1. The lowest BCUT2D eigenvalue weighted by Gasteiger charge is -2.26. The van der Waals surface area contributed by atoms with Gasteiger partial charge in [-0.1, -0.05) is 27.2 Å². The Morgan fingerprint density at radius 3 is 2.05 bits per heavy atom. The van der Waals surface area contributed by atoms with E-state index in [0.29, 0.717) is 0 Å². The summed E-state index contributed by atoms with van der Waals surface area (Å²) < 4.78 is 0. The molecule has 0 heterocycles. The molecule has 116 valence electrons.